The summed E-state index contributed by atoms with van der Waals surface area (Å²) < 4.78 is 42.6. The van der Waals surface area contributed by atoms with Crippen LogP contribution in [0, 0.1) is 19.8 Å². The Morgan fingerprint density at radius 3 is 2.36 bits per heavy atom. The van der Waals surface area contributed by atoms with Crippen molar-refractivity contribution in [1.29, 1.82) is 0 Å². The lowest BCUT2D eigenvalue weighted by molar-refractivity contribution is -0.274. The maximum Gasteiger partial charge on any atom is 0.573 e. The van der Waals surface area contributed by atoms with Gasteiger partial charge >= 0.3 is 6.36 Å². The van der Waals surface area contributed by atoms with Gasteiger partial charge in [0.1, 0.15) is 12.1 Å². The molecular formula is C31H32F3N7O2S. The van der Waals surface area contributed by atoms with Crippen molar-refractivity contribution in [2.45, 2.75) is 34.1 Å². The summed E-state index contributed by atoms with van der Waals surface area (Å²) in [6.45, 7) is 8.64. The number of aromatic nitrogens is 3. The van der Waals surface area contributed by atoms with Gasteiger partial charge in [0.05, 0.1) is 23.3 Å². The van der Waals surface area contributed by atoms with E-state index in [2.05, 4.69) is 30.7 Å². The van der Waals surface area contributed by atoms with E-state index in [1.807, 2.05) is 70.2 Å². The number of hydrogen-bond donors (Lipinski definition) is 2. The van der Waals surface area contributed by atoms with Crippen LogP contribution >= 0.6 is 11.8 Å². The zero-order valence-electron chi connectivity index (χ0n) is 24.6. The topological polar surface area (TPSA) is 106 Å². The summed E-state index contributed by atoms with van der Waals surface area (Å²) in [4.78, 5) is 21.4. The molecule has 2 N–H and O–H groups in total. The van der Waals surface area contributed by atoms with Crippen LogP contribution in [0.3, 0.4) is 0 Å². The molecule has 1 amide bonds. The number of carbonyl (C=O) groups is 1. The van der Waals surface area contributed by atoms with E-state index in [1.54, 1.807) is 6.21 Å². The van der Waals surface area contributed by atoms with Crippen LogP contribution in [0.25, 0.3) is 17.1 Å². The predicted molar refractivity (Wildman–Crippen MR) is 168 cm³/mol. The number of rotatable bonds is 10. The fraction of sp³-hybridized carbons (Fsp3) is 0.258. The molecule has 44 heavy (non-hydrogen) atoms. The van der Waals surface area contributed by atoms with Crippen LogP contribution in [0.15, 0.2) is 83.2 Å². The molecule has 0 aliphatic carbocycles. The van der Waals surface area contributed by atoms with Gasteiger partial charge in [-0.1, -0.05) is 68.1 Å². The first-order chi connectivity index (χ1) is 21.0. The third kappa shape index (κ3) is 9.69. The number of benzene rings is 3. The number of ether oxygens (including phenoxy) is 1. The molecule has 0 fully saturated rings. The van der Waals surface area contributed by atoms with Crippen LogP contribution in [0.1, 0.15) is 30.5 Å². The number of hydrazone groups is 1. The molecule has 230 valence electrons. The van der Waals surface area contributed by atoms with Crippen LogP contribution < -0.4 is 15.5 Å². The molecule has 0 unspecified atom stereocenters. The Hall–Kier alpha value is -4.65. The second kappa shape index (κ2) is 14.7. The number of thioether (sulfide) groups is 1. The van der Waals surface area contributed by atoms with Crippen molar-refractivity contribution in [2.24, 2.45) is 16.0 Å². The lowest BCUT2D eigenvalue weighted by Gasteiger charge is -2.10. The first kappa shape index (κ1) is 32.3. The summed E-state index contributed by atoms with van der Waals surface area (Å²) in [6, 6.07) is 18.6. The van der Waals surface area contributed by atoms with Gasteiger partial charge in [-0.2, -0.15) is 5.10 Å². The monoisotopic (exact) mass is 623 g/mol. The number of amidine groups is 1. The lowest BCUT2D eigenvalue weighted by atomic mass is 10.1. The fourth-order valence-corrected chi connectivity index (χ4v) is 4.52. The van der Waals surface area contributed by atoms with Crippen molar-refractivity contribution in [2.75, 3.05) is 12.3 Å². The second-order valence-corrected chi connectivity index (χ2v) is 11.2. The van der Waals surface area contributed by atoms with Gasteiger partial charge in [-0.05, 0) is 60.7 Å². The summed E-state index contributed by atoms with van der Waals surface area (Å²) in [7, 11) is 0. The van der Waals surface area contributed by atoms with Gasteiger partial charge in [-0.3, -0.25) is 10.2 Å². The van der Waals surface area contributed by atoms with E-state index in [0.717, 1.165) is 27.9 Å². The minimum absolute atomic E-state index is 0.0807. The summed E-state index contributed by atoms with van der Waals surface area (Å²) in [5.74, 6) is 0.594. The molecule has 1 aromatic heterocycles. The van der Waals surface area contributed by atoms with Crippen molar-refractivity contribution in [3.8, 4) is 22.8 Å². The molecule has 0 aliphatic rings. The third-order valence-corrected chi connectivity index (χ3v) is 6.93. The van der Waals surface area contributed by atoms with E-state index >= 15 is 0 Å². The zero-order chi connectivity index (χ0) is 31.7. The van der Waals surface area contributed by atoms with Crippen molar-refractivity contribution >= 4 is 34.7 Å². The highest BCUT2D eigenvalue weighted by Crippen LogP contribution is 2.25. The molecule has 0 atom stereocenters. The molecule has 0 spiro atoms. The molecule has 1 heterocycles. The van der Waals surface area contributed by atoms with Gasteiger partial charge in [0.15, 0.2) is 11.0 Å². The van der Waals surface area contributed by atoms with Crippen LogP contribution in [-0.4, -0.2) is 50.7 Å². The standard InChI is InChI=1S/C31H32F3N7O2S/c1-20(2)16-35-27(42)18-44-30(38-28-21(3)6-5-7-22(28)4)39-37-17-23-8-10-24(11-9-23)29-36-19-41(40-29)25-12-14-26(15-13-25)43-31(32,33)34/h5-15,17,19-20H,16,18H2,1-4H3,(H,35,42)(H,38,39)/b37-17+. The molecule has 0 saturated heterocycles. The Morgan fingerprint density at radius 2 is 1.73 bits per heavy atom. The molecule has 4 rings (SSSR count). The van der Waals surface area contributed by atoms with Crippen LogP contribution in [0.5, 0.6) is 5.75 Å². The Kier molecular flexibility index (Phi) is 10.8. The van der Waals surface area contributed by atoms with E-state index in [9.17, 15) is 18.0 Å². The fourth-order valence-electron chi connectivity index (χ4n) is 3.88. The number of aryl methyl sites for hydroxylation is 2. The van der Waals surface area contributed by atoms with Crippen molar-refractivity contribution < 1.29 is 22.7 Å². The van der Waals surface area contributed by atoms with Gasteiger partial charge in [0.25, 0.3) is 0 Å². The molecule has 9 nitrogen and oxygen atoms in total. The lowest BCUT2D eigenvalue weighted by Crippen LogP contribution is -2.30. The predicted octanol–water partition coefficient (Wildman–Crippen LogP) is 6.57. The number of hydrogen-bond acceptors (Lipinski definition) is 7. The van der Waals surface area contributed by atoms with Gasteiger partial charge in [-0.25, -0.2) is 14.7 Å². The number of para-hydroxylation sites is 1. The third-order valence-electron chi connectivity index (χ3n) is 6.07. The average molecular weight is 624 g/mol. The maximum atomic E-state index is 12.4. The maximum absolute atomic E-state index is 12.4. The van der Waals surface area contributed by atoms with E-state index in [1.165, 1.54) is 47.0 Å². The number of halogens is 3. The number of aliphatic imine (C=N–C) groups is 1. The Labute approximate surface area is 257 Å². The molecule has 0 radical (unpaired) electrons. The number of nitrogens with zero attached hydrogens (tertiary/aromatic N) is 5. The van der Waals surface area contributed by atoms with Crippen molar-refractivity contribution in [3.63, 3.8) is 0 Å². The van der Waals surface area contributed by atoms with Crippen LogP contribution in [0.4, 0.5) is 18.9 Å². The first-order valence-electron chi connectivity index (χ1n) is 13.7. The molecule has 0 aliphatic heterocycles. The number of alkyl halides is 3. The Bertz CT molecular complexity index is 1600. The van der Waals surface area contributed by atoms with Gasteiger partial charge in [-0.15, -0.1) is 18.3 Å². The molecular weight excluding hydrogens is 591 g/mol. The number of carbonyl (C=O) groups excluding carboxylic acids is 1. The largest absolute Gasteiger partial charge is 0.573 e. The number of amides is 1. The zero-order valence-corrected chi connectivity index (χ0v) is 25.4. The van der Waals surface area contributed by atoms with Crippen molar-refractivity contribution in [1.82, 2.24) is 25.5 Å². The Morgan fingerprint density at radius 1 is 1.05 bits per heavy atom. The van der Waals surface area contributed by atoms with E-state index < -0.39 is 6.36 Å². The van der Waals surface area contributed by atoms with Crippen molar-refractivity contribution in [3.05, 3.63) is 89.7 Å². The van der Waals surface area contributed by atoms with Gasteiger partial charge in [0, 0.05) is 12.1 Å². The second-order valence-electron chi connectivity index (χ2n) is 10.2. The first-order valence-corrected chi connectivity index (χ1v) is 14.7. The normalized spacial score (nSPS) is 12.1. The molecule has 0 bridgehead atoms. The number of nitrogens with one attached hydrogen (secondary N) is 2. The summed E-state index contributed by atoms with van der Waals surface area (Å²) in [5.41, 5.74) is 7.89. The van der Waals surface area contributed by atoms with Gasteiger partial charge in [0.2, 0.25) is 5.91 Å². The minimum Gasteiger partial charge on any atom is -0.406 e. The highest BCUT2D eigenvalue weighted by atomic mass is 32.2. The van der Waals surface area contributed by atoms with E-state index in [4.69, 9.17) is 4.99 Å². The summed E-state index contributed by atoms with van der Waals surface area (Å²) in [5, 5.41) is 12.2. The molecule has 4 aromatic rings. The minimum atomic E-state index is -4.75. The van der Waals surface area contributed by atoms with Crippen LogP contribution in [0.2, 0.25) is 0 Å². The van der Waals surface area contributed by atoms with Gasteiger partial charge < -0.3 is 10.1 Å². The van der Waals surface area contributed by atoms with Crippen LogP contribution in [-0.2, 0) is 4.79 Å². The summed E-state index contributed by atoms with van der Waals surface area (Å²) >= 11 is 1.27. The average Bonchev–Trinajstić information content (AvgIpc) is 3.47. The molecule has 3 aromatic carbocycles. The highest BCUT2D eigenvalue weighted by molar-refractivity contribution is 8.14. The summed E-state index contributed by atoms with van der Waals surface area (Å²) in [6.07, 6.45) is -1.64. The van der Waals surface area contributed by atoms with E-state index in [-0.39, 0.29) is 17.4 Å². The smallest absolute Gasteiger partial charge is 0.406 e. The highest BCUT2D eigenvalue weighted by Gasteiger charge is 2.31. The van der Waals surface area contributed by atoms with E-state index in [0.29, 0.717) is 29.1 Å². The Balaban J connectivity index is 1.42. The molecule has 13 heteroatoms. The molecule has 0 saturated carbocycles. The SMILES string of the molecule is Cc1cccc(C)c1/N=C(/N/N=C/c1ccc(-c2ncn(-c3ccc(OC(F)(F)F)cc3)n2)cc1)SCC(=O)NCC(C)C. The quantitative estimate of drug-likeness (QED) is 0.118.